The summed E-state index contributed by atoms with van der Waals surface area (Å²) in [5.74, 6) is 0.534. The molecular weight excluding hydrogens is 320 g/mol. The van der Waals surface area contributed by atoms with Crippen molar-refractivity contribution in [1.82, 2.24) is 0 Å². The van der Waals surface area contributed by atoms with Crippen LogP contribution in [0.4, 0.5) is 0 Å². The van der Waals surface area contributed by atoms with Crippen LogP contribution in [0.25, 0.3) is 43.1 Å². The Balaban J connectivity index is 2.02. The molecule has 0 radical (unpaired) electrons. The molecule has 0 saturated carbocycles. The fourth-order valence-corrected chi connectivity index (χ4v) is 4.01. The van der Waals surface area contributed by atoms with Crippen molar-refractivity contribution in [2.24, 2.45) is 0 Å². The molecule has 0 unspecified atom stereocenters. The van der Waals surface area contributed by atoms with Gasteiger partial charge in [-0.2, -0.15) is 0 Å². The summed E-state index contributed by atoms with van der Waals surface area (Å²) in [6, 6.07) is 20.1. The summed E-state index contributed by atoms with van der Waals surface area (Å²) in [5, 5.41) is 29.0. The number of aromatic hydroxyl groups is 2. The molecule has 0 amide bonds. The lowest BCUT2D eigenvalue weighted by Gasteiger charge is -2.12. The molecule has 0 spiro atoms. The zero-order chi connectivity index (χ0) is 18.0. The molecule has 0 aliphatic carbocycles. The Morgan fingerprint density at radius 1 is 0.462 bits per heavy atom. The number of hydrogen-bond donors (Lipinski definition) is 2. The Morgan fingerprint density at radius 2 is 0.885 bits per heavy atom. The van der Waals surface area contributed by atoms with Gasteiger partial charge in [-0.15, -0.1) is 0 Å². The second-order valence-electron chi connectivity index (χ2n) is 7.18. The smallest absolute Gasteiger partial charge is 0.124 e. The summed E-state index contributed by atoms with van der Waals surface area (Å²) in [6.45, 7) is 4.09. The molecule has 0 fully saturated rings. The van der Waals surface area contributed by atoms with E-state index in [0.29, 0.717) is 0 Å². The average Bonchev–Trinajstić information content (AvgIpc) is 2.60. The molecule has 0 heterocycles. The number of fused-ring (bicyclic) bond motifs is 6. The van der Waals surface area contributed by atoms with Gasteiger partial charge in [0.15, 0.2) is 0 Å². The average molecular weight is 338 g/mol. The van der Waals surface area contributed by atoms with Crippen LogP contribution in [-0.4, -0.2) is 10.2 Å². The first kappa shape index (κ1) is 15.0. The normalized spacial score (nSPS) is 11.8. The monoisotopic (exact) mass is 338 g/mol. The Bertz CT molecular complexity index is 1260. The van der Waals surface area contributed by atoms with Gasteiger partial charge in [0.1, 0.15) is 11.5 Å². The minimum Gasteiger partial charge on any atom is -0.507 e. The van der Waals surface area contributed by atoms with Crippen LogP contribution in [0.2, 0.25) is 0 Å². The van der Waals surface area contributed by atoms with E-state index in [4.69, 9.17) is 0 Å². The zero-order valence-electron chi connectivity index (χ0n) is 14.7. The molecule has 0 saturated heterocycles. The first-order valence-electron chi connectivity index (χ1n) is 8.73. The van der Waals surface area contributed by atoms with Crippen molar-refractivity contribution in [1.29, 1.82) is 0 Å². The van der Waals surface area contributed by atoms with E-state index in [1.807, 2.05) is 38.1 Å². The number of phenols is 2. The van der Waals surface area contributed by atoms with Crippen LogP contribution in [-0.2, 0) is 0 Å². The van der Waals surface area contributed by atoms with Crippen molar-refractivity contribution in [3.63, 3.8) is 0 Å². The van der Waals surface area contributed by atoms with E-state index < -0.39 is 0 Å². The van der Waals surface area contributed by atoms with Gasteiger partial charge in [0.2, 0.25) is 0 Å². The van der Waals surface area contributed by atoms with Crippen molar-refractivity contribution in [3.05, 3.63) is 71.8 Å². The van der Waals surface area contributed by atoms with E-state index in [9.17, 15) is 10.2 Å². The molecule has 2 N–H and O–H groups in total. The summed E-state index contributed by atoms with van der Waals surface area (Å²) in [4.78, 5) is 0. The lowest BCUT2D eigenvalue weighted by Crippen LogP contribution is -1.85. The molecule has 5 aromatic rings. The highest BCUT2D eigenvalue weighted by Crippen LogP contribution is 2.40. The lowest BCUT2D eigenvalue weighted by molar-refractivity contribution is 0.481. The highest BCUT2D eigenvalue weighted by atomic mass is 16.3. The molecular formula is C24H18O2. The molecule has 126 valence electrons. The Kier molecular flexibility index (Phi) is 2.96. The molecule has 5 rings (SSSR count). The second kappa shape index (κ2) is 5.12. The highest BCUT2D eigenvalue weighted by molar-refractivity contribution is 6.20. The minimum atomic E-state index is 0.267. The molecule has 2 heteroatoms. The van der Waals surface area contributed by atoms with Crippen LogP contribution in [0.15, 0.2) is 60.7 Å². The summed E-state index contributed by atoms with van der Waals surface area (Å²) < 4.78 is 0. The summed E-state index contributed by atoms with van der Waals surface area (Å²) in [5.41, 5.74) is 2.31. The molecule has 2 nitrogen and oxygen atoms in total. The summed E-state index contributed by atoms with van der Waals surface area (Å²) >= 11 is 0. The van der Waals surface area contributed by atoms with Gasteiger partial charge in [0, 0.05) is 10.8 Å². The SMILES string of the molecule is Cc1ccc2c(c1)cc(O)c1cc3c(cc12)c(O)cc1cc(C)ccc13. The number of benzene rings is 5. The molecule has 0 aliphatic heterocycles. The molecule has 0 atom stereocenters. The van der Waals surface area contributed by atoms with Crippen molar-refractivity contribution in [2.75, 3.05) is 0 Å². The topological polar surface area (TPSA) is 40.5 Å². The van der Waals surface area contributed by atoms with Crippen LogP contribution in [0.1, 0.15) is 11.1 Å². The van der Waals surface area contributed by atoms with Crippen LogP contribution < -0.4 is 0 Å². The van der Waals surface area contributed by atoms with Gasteiger partial charge in [-0.05, 0) is 70.4 Å². The fourth-order valence-electron chi connectivity index (χ4n) is 4.01. The molecule has 0 aromatic heterocycles. The standard InChI is InChI=1S/C24H18O2/c1-13-3-5-17-15(7-13)9-23(25)21-12-20-18-6-4-14(2)8-16(18)10-24(26)22(20)11-19(17)21/h3-12,25-26H,1-2H3. The largest absolute Gasteiger partial charge is 0.507 e. The summed E-state index contributed by atoms with van der Waals surface area (Å²) in [7, 11) is 0. The van der Waals surface area contributed by atoms with E-state index in [1.165, 1.54) is 0 Å². The first-order chi connectivity index (χ1) is 12.5. The van der Waals surface area contributed by atoms with Gasteiger partial charge in [-0.3, -0.25) is 0 Å². The maximum Gasteiger partial charge on any atom is 0.124 e. The third kappa shape index (κ3) is 2.05. The first-order valence-corrected chi connectivity index (χ1v) is 8.73. The van der Waals surface area contributed by atoms with Crippen molar-refractivity contribution in [2.45, 2.75) is 13.8 Å². The predicted octanol–water partition coefficient (Wildman–Crippen LogP) is 6.33. The highest BCUT2D eigenvalue weighted by Gasteiger charge is 2.12. The van der Waals surface area contributed by atoms with Crippen molar-refractivity contribution in [3.8, 4) is 11.5 Å². The lowest BCUT2D eigenvalue weighted by atomic mass is 9.93. The van der Waals surface area contributed by atoms with Gasteiger partial charge >= 0.3 is 0 Å². The van der Waals surface area contributed by atoms with Crippen molar-refractivity contribution < 1.29 is 10.2 Å². The van der Waals surface area contributed by atoms with Crippen LogP contribution in [0.5, 0.6) is 11.5 Å². The maximum absolute atomic E-state index is 10.6. The van der Waals surface area contributed by atoms with E-state index in [-0.39, 0.29) is 11.5 Å². The van der Waals surface area contributed by atoms with Gasteiger partial charge in [0.05, 0.1) is 0 Å². The maximum atomic E-state index is 10.6. The van der Waals surface area contributed by atoms with E-state index in [0.717, 1.165) is 54.2 Å². The Hall–Kier alpha value is -3.26. The number of aryl methyl sites for hydroxylation is 2. The predicted molar refractivity (Wildman–Crippen MR) is 109 cm³/mol. The van der Waals surface area contributed by atoms with Gasteiger partial charge in [-0.25, -0.2) is 0 Å². The summed E-state index contributed by atoms with van der Waals surface area (Å²) in [6.07, 6.45) is 0. The zero-order valence-corrected chi connectivity index (χ0v) is 14.7. The van der Waals surface area contributed by atoms with E-state index in [1.54, 1.807) is 0 Å². The molecule has 5 aromatic carbocycles. The number of rotatable bonds is 0. The second-order valence-corrected chi connectivity index (χ2v) is 7.18. The Morgan fingerprint density at radius 3 is 1.31 bits per heavy atom. The minimum absolute atomic E-state index is 0.267. The Labute approximate surface area is 150 Å². The quantitative estimate of drug-likeness (QED) is 0.256. The van der Waals surface area contributed by atoms with Crippen LogP contribution >= 0.6 is 0 Å². The van der Waals surface area contributed by atoms with Gasteiger partial charge in [-0.1, -0.05) is 47.5 Å². The van der Waals surface area contributed by atoms with Crippen molar-refractivity contribution >= 4 is 43.1 Å². The van der Waals surface area contributed by atoms with Crippen LogP contribution in [0.3, 0.4) is 0 Å². The fraction of sp³-hybridized carbons (Fsp3) is 0.0833. The number of hydrogen-bond acceptors (Lipinski definition) is 2. The molecule has 0 bridgehead atoms. The van der Waals surface area contributed by atoms with Crippen LogP contribution in [0, 0.1) is 13.8 Å². The third-order valence-corrected chi connectivity index (χ3v) is 5.29. The third-order valence-electron chi connectivity index (χ3n) is 5.29. The van der Waals surface area contributed by atoms with Gasteiger partial charge in [0.25, 0.3) is 0 Å². The molecule has 0 aliphatic rings. The van der Waals surface area contributed by atoms with E-state index in [2.05, 4.69) is 36.4 Å². The number of phenolic OH excluding ortho intramolecular Hbond substituents is 2. The van der Waals surface area contributed by atoms with Gasteiger partial charge < -0.3 is 10.2 Å². The molecule has 26 heavy (non-hydrogen) atoms. The van der Waals surface area contributed by atoms with E-state index >= 15 is 0 Å².